The smallest absolute Gasteiger partial charge is 0.200 e. The molecule has 2 aromatic rings. The molecule has 0 amide bonds. The van der Waals surface area contributed by atoms with Crippen LogP contribution in [0.5, 0.6) is 0 Å². The maximum atomic E-state index is 13.4. The van der Waals surface area contributed by atoms with Crippen molar-refractivity contribution in [2.75, 3.05) is 0 Å². The molecule has 0 spiro atoms. The zero-order valence-electron chi connectivity index (χ0n) is 9.48. The Morgan fingerprint density at radius 3 is 1.24 bits per heavy atom. The molecule has 0 radical (unpaired) electrons. The van der Waals surface area contributed by atoms with Gasteiger partial charge in [0.25, 0.3) is 0 Å². The summed E-state index contributed by atoms with van der Waals surface area (Å²) in [5.74, 6) is -21.5. The minimum Gasteiger partial charge on any atom is -0.206 e. The van der Waals surface area contributed by atoms with Crippen LogP contribution in [0.25, 0.3) is 11.1 Å². The molecule has 2 rings (SSSR count). The van der Waals surface area contributed by atoms with Crippen molar-refractivity contribution in [3.05, 3.63) is 58.4 Å². The molecule has 0 aliphatic rings. The molecule has 0 aromatic heterocycles. The van der Waals surface area contributed by atoms with Gasteiger partial charge in [0.1, 0.15) is 5.82 Å². The van der Waals surface area contributed by atoms with Gasteiger partial charge in [-0.05, 0) is 0 Å². The lowest BCUT2D eigenvalue weighted by atomic mass is 10.0. The quantitative estimate of drug-likeness (QED) is 0.410. The number of hydrogen-bond acceptors (Lipinski definition) is 0. The summed E-state index contributed by atoms with van der Waals surface area (Å²) in [6.07, 6.45) is 0. The topological polar surface area (TPSA) is 0 Å². The summed E-state index contributed by atoms with van der Waals surface area (Å²) >= 11 is 0. The van der Waals surface area contributed by atoms with Gasteiger partial charge in [-0.25, -0.2) is 39.5 Å². The van der Waals surface area contributed by atoms with E-state index in [-0.39, 0.29) is 6.07 Å². The van der Waals surface area contributed by atoms with Gasteiger partial charge in [-0.3, -0.25) is 0 Å². The lowest BCUT2D eigenvalue weighted by Gasteiger charge is -2.11. The molecule has 0 aliphatic heterocycles. The summed E-state index contributed by atoms with van der Waals surface area (Å²) in [5.41, 5.74) is -3.93. The van der Waals surface area contributed by atoms with Gasteiger partial charge in [-0.15, -0.1) is 0 Å². The normalized spacial score (nSPS) is 11.1. The van der Waals surface area contributed by atoms with Gasteiger partial charge in [-0.2, -0.15) is 0 Å². The SMILES string of the molecule is Fc1cc(F)c(-c2c(F)c(F)c(F)c(F)c2F)c(F)c1F. The van der Waals surface area contributed by atoms with Crippen molar-refractivity contribution in [3.8, 4) is 11.1 Å². The summed E-state index contributed by atoms with van der Waals surface area (Å²) in [7, 11) is 0. The highest BCUT2D eigenvalue weighted by molar-refractivity contribution is 5.67. The highest BCUT2D eigenvalue weighted by atomic mass is 19.2. The van der Waals surface area contributed by atoms with Crippen molar-refractivity contribution in [1.29, 1.82) is 0 Å². The Morgan fingerprint density at radius 2 is 0.762 bits per heavy atom. The van der Waals surface area contributed by atoms with Gasteiger partial charge in [-0.1, -0.05) is 0 Å². The van der Waals surface area contributed by atoms with Gasteiger partial charge in [0.05, 0.1) is 11.1 Å². The third kappa shape index (κ3) is 2.12. The molecule has 2 aromatic carbocycles. The first-order chi connectivity index (χ1) is 9.68. The highest BCUT2D eigenvalue weighted by Crippen LogP contribution is 2.36. The summed E-state index contributed by atoms with van der Waals surface area (Å²) in [5, 5.41) is 0. The minimum atomic E-state index is -2.56. The van der Waals surface area contributed by atoms with Gasteiger partial charge < -0.3 is 0 Å². The molecule has 0 atom stereocenters. The van der Waals surface area contributed by atoms with E-state index in [4.69, 9.17) is 0 Å². The van der Waals surface area contributed by atoms with E-state index in [1.165, 1.54) is 0 Å². The van der Waals surface area contributed by atoms with Crippen LogP contribution >= 0.6 is 0 Å². The Bertz CT molecular complexity index is 722. The zero-order valence-corrected chi connectivity index (χ0v) is 9.48. The average molecular weight is 316 g/mol. The predicted octanol–water partition coefficient (Wildman–Crippen LogP) is 4.61. The summed E-state index contributed by atoms with van der Waals surface area (Å²) in [6, 6.07) is -0.286. The second kappa shape index (κ2) is 4.97. The molecular weight excluding hydrogens is 315 g/mol. The molecular formula is C12HF9. The van der Waals surface area contributed by atoms with Crippen LogP contribution in [0.15, 0.2) is 6.07 Å². The second-order valence-corrected chi connectivity index (χ2v) is 3.79. The van der Waals surface area contributed by atoms with Gasteiger partial charge >= 0.3 is 0 Å². The molecule has 0 saturated carbocycles. The van der Waals surface area contributed by atoms with Crippen LogP contribution in [-0.4, -0.2) is 0 Å². The molecule has 0 fully saturated rings. The van der Waals surface area contributed by atoms with E-state index in [1.54, 1.807) is 0 Å². The average Bonchev–Trinajstić information content (AvgIpc) is 2.44. The number of benzene rings is 2. The fourth-order valence-electron chi connectivity index (χ4n) is 1.62. The Morgan fingerprint density at radius 1 is 0.381 bits per heavy atom. The van der Waals surface area contributed by atoms with Crippen molar-refractivity contribution in [1.82, 2.24) is 0 Å². The van der Waals surface area contributed by atoms with Crippen molar-refractivity contribution >= 4 is 0 Å². The standard InChI is InChI=1S/C12HF9/c13-2-1-3(14)6(15)7(16)4(2)5-8(17)10(19)12(21)11(20)9(5)18/h1H. The molecule has 9 heteroatoms. The number of rotatable bonds is 1. The summed E-state index contributed by atoms with van der Waals surface area (Å²) in [6.45, 7) is 0. The molecule has 0 aliphatic carbocycles. The zero-order chi connectivity index (χ0) is 16.1. The van der Waals surface area contributed by atoms with Crippen molar-refractivity contribution < 1.29 is 39.5 Å². The summed E-state index contributed by atoms with van der Waals surface area (Å²) < 4.78 is 118. The summed E-state index contributed by atoms with van der Waals surface area (Å²) in [4.78, 5) is 0. The van der Waals surface area contributed by atoms with Crippen LogP contribution in [0.1, 0.15) is 0 Å². The Kier molecular flexibility index (Phi) is 3.60. The third-order valence-corrected chi connectivity index (χ3v) is 2.57. The first kappa shape index (κ1) is 15.2. The van der Waals surface area contributed by atoms with Gasteiger partial charge in [0.15, 0.2) is 40.7 Å². The number of halogens is 9. The van der Waals surface area contributed by atoms with E-state index in [1.807, 2.05) is 0 Å². The van der Waals surface area contributed by atoms with Crippen LogP contribution in [0.4, 0.5) is 39.5 Å². The van der Waals surface area contributed by atoms with Crippen LogP contribution in [-0.2, 0) is 0 Å². The fourth-order valence-corrected chi connectivity index (χ4v) is 1.62. The van der Waals surface area contributed by atoms with Crippen molar-refractivity contribution in [2.45, 2.75) is 0 Å². The number of hydrogen-bond donors (Lipinski definition) is 0. The van der Waals surface area contributed by atoms with E-state index < -0.39 is 63.5 Å². The molecule has 0 saturated heterocycles. The lowest BCUT2D eigenvalue weighted by molar-refractivity contribution is 0.379. The predicted molar refractivity (Wildman–Crippen MR) is 51.5 cm³/mol. The Balaban J connectivity index is 2.96. The van der Waals surface area contributed by atoms with E-state index in [0.717, 1.165) is 0 Å². The first-order valence-electron chi connectivity index (χ1n) is 5.03. The molecule has 0 nitrogen and oxygen atoms in total. The van der Waals surface area contributed by atoms with Crippen molar-refractivity contribution in [2.24, 2.45) is 0 Å². The minimum absolute atomic E-state index is 0.286. The van der Waals surface area contributed by atoms with E-state index >= 15 is 0 Å². The van der Waals surface area contributed by atoms with Crippen LogP contribution in [0.2, 0.25) is 0 Å². The fraction of sp³-hybridized carbons (Fsp3) is 0. The molecule has 0 unspecified atom stereocenters. The maximum Gasteiger partial charge on any atom is 0.200 e. The first-order valence-corrected chi connectivity index (χ1v) is 5.03. The third-order valence-electron chi connectivity index (χ3n) is 2.57. The van der Waals surface area contributed by atoms with Gasteiger partial charge in [0, 0.05) is 6.07 Å². The Labute approximate surface area is 110 Å². The Hall–Kier alpha value is -2.19. The lowest BCUT2D eigenvalue weighted by Crippen LogP contribution is -2.08. The second-order valence-electron chi connectivity index (χ2n) is 3.79. The van der Waals surface area contributed by atoms with Crippen LogP contribution < -0.4 is 0 Å². The van der Waals surface area contributed by atoms with Crippen molar-refractivity contribution in [3.63, 3.8) is 0 Å². The molecule has 0 bridgehead atoms. The van der Waals surface area contributed by atoms with Gasteiger partial charge in [0.2, 0.25) is 5.82 Å². The maximum absolute atomic E-state index is 13.4. The van der Waals surface area contributed by atoms with E-state index in [9.17, 15) is 39.5 Å². The van der Waals surface area contributed by atoms with Crippen LogP contribution in [0, 0.1) is 52.4 Å². The van der Waals surface area contributed by atoms with Crippen LogP contribution in [0.3, 0.4) is 0 Å². The monoisotopic (exact) mass is 316 g/mol. The highest BCUT2D eigenvalue weighted by Gasteiger charge is 2.31. The molecule has 112 valence electrons. The largest absolute Gasteiger partial charge is 0.206 e. The molecule has 0 N–H and O–H groups in total. The molecule has 21 heavy (non-hydrogen) atoms. The van der Waals surface area contributed by atoms with E-state index in [2.05, 4.69) is 0 Å². The van der Waals surface area contributed by atoms with E-state index in [0.29, 0.717) is 0 Å². The molecule has 0 heterocycles.